The topological polar surface area (TPSA) is 55.6 Å². The first kappa shape index (κ1) is 14.8. The van der Waals surface area contributed by atoms with Crippen LogP contribution in [0.4, 0.5) is 4.79 Å². The zero-order chi connectivity index (χ0) is 13.6. The van der Waals surface area contributed by atoms with Crippen LogP contribution in [0.1, 0.15) is 32.6 Å². The summed E-state index contributed by atoms with van der Waals surface area (Å²) in [5, 5.41) is 0. The van der Waals surface area contributed by atoms with Crippen LogP contribution in [-0.2, 0) is 4.74 Å². The molecule has 1 amide bonds. The molecule has 0 unspecified atom stereocenters. The standard InChI is InChI=1S/C14H24N2O2/c1-4-10-16(11-5-2)14(3)8-6-12(7-9-14)18-13(15)17/h4-5,12H,1-2,6-11H2,3H3,(H2,15,17). The lowest BCUT2D eigenvalue weighted by atomic mass is 9.80. The molecule has 18 heavy (non-hydrogen) atoms. The average Bonchev–Trinajstić information content (AvgIpc) is 2.32. The van der Waals surface area contributed by atoms with Crippen LogP contribution in [0.15, 0.2) is 25.3 Å². The van der Waals surface area contributed by atoms with Gasteiger partial charge in [0, 0.05) is 18.6 Å². The van der Waals surface area contributed by atoms with E-state index in [0.717, 1.165) is 38.8 Å². The minimum absolute atomic E-state index is 0.0233. The van der Waals surface area contributed by atoms with Gasteiger partial charge >= 0.3 is 6.09 Å². The maximum atomic E-state index is 10.7. The third-order valence-electron chi connectivity index (χ3n) is 3.76. The molecule has 1 aliphatic carbocycles. The molecule has 4 nitrogen and oxygen atoms in total. The van der Waals surface area contributed by atoms with E-state index >= 15 is 0 Å². The molecule has 1 fully saturated rings. The number of amides is 1. The van der Waals surface area contributed by atoms with E-state index < -0.39 is 6.09 Å². The van der Waals surface area contributed by atoms with Gasteiger partial charge in [-0.2, -0.15) is 0 Å². The van der Waals surface area contributed by atoms with Crippen molar-refractivity contribution in [2.45, 2.75) is 44.2 Å². The number of hydrogen-bond donors (Lipinski definition) is 1. The lowest BCUT2D eigenvalue weighted by molar-refractivity contribution is 0.0193. The van der Waals surface area contributed by atoms with Crippen LogP contribution in [0, 0.1) is 0 Å². The molecule has 0 saturated heterocycles. The van der Waals surface area contributed by atoms with Crippen molar-refractivity contribution in [3.05, 3.63) is 25.3 Å². The van der Waals surface area contributed by atoms with E-state index in [-0.39, 0.29) is 11.6 Å². The molecule has 0 radical (unpaired) electrons. The average molecular weight is 252 g/mol. The van der Waals surface area contributed by atoms with Crippen molar-refractivity contribution < 1.29 is 9.53 Å². The summed E-state index contributed by atoms with van der Waals surface area (Å²) < 4.78 is 5.06. The summed E-state index contributed by atoms with van der Waals surface area (Å²) >= 11 is 0. The number of ether oxygens (including phenoxy) is 1. The molecule has 0 aromatic heterocycles. The Kier molecular flexibility index (Phi) is 5.41. The van der Waals surface area contributed by atoms with E-state index in [2.05, 4.69) is 25.0 Å². The Hall–Kier alpha value is -1.29. The molecular weight excluding hydrogens is 228 g/mol. The highest BCUT2D eigenvalue weighted by molar-refractivity contribution is 5.64. The molecule has 4 heteroatoms. The van der Waals surface area contributed by atoms with Crippen molar-refractivity contribution in [2.24, 2.45) is 5.73 Å². The Bertz CT molecular complexity index is 297. The molecule has 102 valence electrons. The van der Waals surface area contributed by atoms with Gasteiger partial charge in [0.15, 0.2) is 0 Å². The highest BCUT2D eigenvalue weighted by Crippen LogP contribution is 2.34. The SMILES string of the molecule is C=CCN(CC=C)C1(C)CCC(OC(N)=O)CC1. The lowest BCUT2D eigenvalue weighted by Gasteiger charge is -2.45. The minimum Gasteiger partial charge on any atom is -0.446 e. The molecule has 2 N–H and O–H groups in total. The van der Waals surface area contributed by atoms with Gasteiger partial charge in [0.2, 0.25) is 0 Å². The van der Waals surface area contributed by atoms with Gasteiger partial charge in [-0.1, -0.05) is 12.2 Å². The summed E-state index contributed by atoms with van der Waals surface area (Å²) in [5.74, 6) is 0. The van der Waals surface area contributed by atoms with Crippen LogP contribution >= 0.6 is 0 Å². The first-order chi connectivity index (χ1) is 8.51. The van der Waals surface area contributed by atoms with E-state index in [9.17, 15) is 4.79 Å². The van der Waals surface area contributed by atoms with Gasteiger partial charge < -0.3 is 10.5 Å². The first-order valence-corrected chi connectivity index (χ1v) is 6.45. The number of nitrogens with zero attached hydrogens (tertiary/aromatic N) is 1. The van der Waals surface area contributed by atoms with Gasteiger partial charge in [0.25, 0.3) is 0 Å². The third kappa shape index (κ3) is 3.88. The van der Waals surface area contributed by atoms with Gasteiger partial charge in [0.05, 0.1) is 0 Å². The number of rotatable bonds is 6. The van der Waals surface area contributed by atoms with Crippen molar-refractivity contribution in [3.63, 3.8) is 0 Å². The fourth-order valence-corrected chi connectivity index (χ4v) is 2.64. The molecule has 1 rings (SSSR count). The second kappa shape index (κ2) is 6.59. The molecular formula is C14H24N2O2. The number of nitrogens with two attached hydrogens (primary N) is 1. The van der Waals surface area contributed by atoms with E-state index in [1.807, 2.05) is 12.2 Å². The van der Waals surface area contributed by atoms with Gasteiger partial charge in [-0.3, -0.25) is 4.90 Å². The second-order valence-corrected chi connectivity index (χ2v) is 5.12. The van der Waals surface area contributed by atoms with Crippen molar-refractivity contribution in [3.8, 4) is 0 Å². The predicted octanol–water partition coefficient (Wildman–Crippen LogP) is 2.46. The molecule has 0 bridgehead atoms. The normalized spacial score (nSPS) is 27.8. The molecule has 0 spiro atoms. The highest BCUT2D eigenvalue weighted by atomic mass is 16.6. The fourth-order valence-electron chi connectivity index (χ4n) is 2.64. The summed E-state index contributed by atoms with van der Waals surface area (Å²) in [5.41, 5.74) is 5.17. The number of hydrogen-bond acceptors (Lipinski definition) is 3. The van der Waals surface area contributed by atoms with Crippen molar-refractivity contribution in [1.82, 2.24) is 4.90 Å². The molecule has 1 aliphatic rings. The zero-order valence-corrected chi connectivity index (χ0v) is 11.2. The van der Waals surface area contributed by atoms with E-state index in [1.54, 1.807) is 0 Å². The molecule has 0 atom stereocenters. The largest absolute Gasteiger partial charge is 0.446 e. The minimum atomic E-state index is -0.669. The predicted molar refractivity (Wildman–Crippen MR) is 73.3 cm³/mol. The van der Waals surface area contributed by atoms with Gasteiger partial charge in [-0.25, -0.2) is 4.79 Å². The smallest absolute Gasteiger partial charge is 0.404 e. The summed E-state index contributed by atoms with van der Waals surface area (Å²) in [6.45, 7) is 11.6. The van der Waals surface area contributed by atoms with Crippen LogP contribution in [0.2, 0.25) is 0 Å². The summed E-state index contributed by atoms with van der Waals surface area (Å²) in [4.78, 5) is 13.1. The fraction of sp³-hybridized carbons (Fsp3) is 0.643. The van der Waals surface area contributed by atoms with Gasteiger partial charge in [0.1, 0.15) is 6.10 Å². The van der Waals surface area contributed by atoms with Crippen molar-refractivity contribution >= 4 is 6.09 Å². The van der Waals surface area contributed by atoms with Gasteiger partial charge in [-0.05, 0) is 32.6 Å². The maximum absolute atomic E-state index is 10.7. The summed E-state index contributed by atoms with van der Waals surface area (Å²) in [7, 11) is 0. The number of primary amides is 1. The third-order valence-corrected chi connectivity index (χ3v) is 3.76. The van der Waals surface area contributed by atoms with Crippen molar-refractivity contribution in [1.29, 1.82) is 0 Å². The molecule has 1 saturated carbocycles. The van der Waals surface area contributed by atoms with Crippen molar-refractivity contribution in [2.75, 3.05) is 13.1 Å². The maximum Gasteiger partial charge on any atom is 0.404 e. The van der Waals surface area contributed by atoms with Crippen LogP contribution < -0.4 is 5.73 Å². The highest BCUT2D eigenvalue weighted by Gasteiger charge is 2.36. The first-order valence-electron chi connectivity index (χ1n) is 6.45. The Morgan fingerprint density at radius 3 is 2.28 bits per heavy atom. The van der Waals surface area contributed by atoms with E-state index in [0.29, 0.717) is 0 Å². The van der Waals surface area contributed by atoms with E-state index in [4.69, 9.17) is 10.5 Å². The second-order valence-electron chi connectivity index (χ2n) is 5.12. The van der Waals surface area contributed by atoms with Crippen LogP contribution in [-0.4, -0.2) is 35.7 Å². The Morgan fingerprint density at radius 2 is 1.89 bits per heavy atom. The zero-order valence-electron chi connectivity index (χ0n) is 11.2. The lowest BCUT2D eigenvalue weighted by Crippen LogP contribution is -2.50. The number of carbonyl (C=O) groups is 1. The van der Waals surface area contributed by atoms with Crippen LogP contribution in [0.3, 0.4) is 0 Å². The molecule has 0 aromatic carbocycles. The quantitative estimate of drug-likeness (QED) is 0.739. The van der Waals surface area contributed by atoms with Crippen LogP contribution in [0.5, 0.6) is 0 Å². The number of carbonyl (C=O) groups excluding carboxylic acids is 1. The Balaban J connectivity index is 2.57. The summed E-state index contributed by atoms with van der Waals surface area (Å²) in [6.07, 6.45) is 6.86. The van der Waals surface area contributed by atoms with Crippen LogP contribution in [0.25, 0.3) is 0 Å². The summed E-state index contributed by atoms with van der Waals surface area (Å²) in [6, 6.07) is 0. The molecule has 0 heterocycles. The van der Waals surface area contributed by atoms with Gasteiger partial charge in [-0.15, -0.1) is 13.2 Å². The Labute approximate surface area is 109 Å². The monoisotopic (exact) mass is 252 g/mol. The molecule has 0 aliphatic heterocycles. The Morgan fingerprint density at radius 1 is 1.39 bits per heavy atom. The van der Waals surface area contributed by atoms with E-state index in [1.165, 1.54) is 0 Å². The molecule has 0 aromatic rings.